The number of carboxylic acids is 1. The highest BCUT2D eigenvalue weighted by atomic mass is 16.5. The molecule has 35 heavy (non-hydrogen) atoms. The van der Waals surface area contributed by atoms with Gasteiger partial charge in [0.1, 0.15) is 12.1 Å². The summed E-state index contributed by atoms with van der Waals surface area (Å²) >= 11 is 0. The number of fused-ring (bicyclic) bond motifs is 3. The molecule has 2 amide bonds. The number of nitrogens with one attached hydrogen (secondary N) is 2. The molecule has 0 radical (unpaired) electrons. The lowest BCUT2D eigenvalue weighted by atomic mass is 9.88. The number of carbonyl (C=O) groups is 3. The van der Waals surface area contributed by atoms with E-state index < -0.39 is 29.0 Å². The van der Waals surface area contributed by atoms with Crippen LogP contribution >= 0.6 is 0 Å². The lowest BCUT2D eigenvalue weighted by Gasteiger charge is -2.36. The molecule has 1 atom stereocenters. The van der Waals surface area contributed by atoms with Gasteiger partial charge in [0.05, 0.1) is 6.61 Å². The summed E-state index contributed by atoms with van der Waals surface area (Å²) in [6.07, 6.45) is -0.0938. The topological polar surface area (TPSA) is 114 Å². The zero-order valence-electron chi connectivity index (χ0n) is 20.7. The maximum atomic E-state index is 13.3. The van der Waals surface area contributed by atoms with Crippen LogP contribution in [-0.4, -0.2) is 54.5 Å². The van der Waals surface area contributed by atoms with Crippen LogP contribution in [0.15, 0.2) is 48.5 Å². The number of ether oxygens (including phenoxy) is 2. The summed E-state index contributed by atoms with van der Waals surface area (Å²) in [7, 11) is 1.38. The van der Waals surface area contributed by atoms with Crippen LogP contribution < -0.4 is 10.6 Å². The van der Waals surface area contributed by atoms with Gasteiger partial charge in [0.15, 0.2) is 5.54 Å². The van der Waals surface area contributed by atoms with Crippen molar-refractivity contribution in [2.45, 2.75) is 57.0 Å². The Morgan fingerprint density at radius 2 is 1.37 bits per heavy atom. The predicted octanol–water partition coefficient (Wildman–Crippen LogP) is 4.08. The van der Waals surface area contributed by atoms with E-state index in [-0.39, 0.29) is 38.4 Å². The minimum absolute atomic E-state index is 0.110. The number of benzene rings is 2. The van der Waals surface area contributed by atoms with Gasteiger partial charge < -0.3 is 25.2 Å². The van der Waals surface area contributed by atoms with E-state index in [0.29, 0.717) is 0 Å². The largest absolute Gasteiger partial charge is 0.479 e. The second kappa shape index (κ2) is 10.9. The minimum atomic E-state index is -1.59. The van der Waals surface area contributed by atoms with Gasteiger partial charge >= 0.3 is 12.1 Å². The second-order valence-electron chi connectivity index (χ2n) is 8.87. The average molecular weight is 483 g/mol. The SMILES string of the molecule is CCC(COC)(NC(=O)C(CC)(CC)NC(=O)OCC1c2ccccc2-c2ccccc21)C(=O)O. The number of carboxylic acid groups (broad SMARTS) is 1. The quantitative estimate of drug-likeness (QED) is 0.445. The fourth-order valence-electron chi connectivity index (χ4n) is 4.71. The van der Waals surface area contributed by atoms with Crippen molar-refractivity contribution in [2.24, 2.45) is 0 Å². The predicted molar refractivity (Wildman–Crippen MR) is 132 cm³/mol. The van der Waals surface area contributed by atoms with E-state index in [2.05, 4.69) is 22.8 Å². The van der Waals surface area contributed by atoms with Crippen LogP contribution in [0, 0.1) is 0 Å². The highest BCUT2D eigenvalue weighted by Crippen LogP contribution is 2.44. The Morgan fingerprint density at radius 3 is 1.83 bits per heavy atom. The molecular weight excluding hydrogens is 448 g/mol. The van der Waals surface area contributed by atoms with Gasteiger partial charge in [-0.25, -0.2) is 9.59 Å². The molecule has 3 rings (SSSR count). The number of aliphatic carboxylic acids is 1. The van der Waals surface area contributed by atoms with E-state index in [9.17, 15) is 19.5 Å². The Kier molecular flexibility index (Phi) is 8.17. The van der Waals surface area contributed by atoms with Crippen molar-refractivity contribution in [2.75, 3.05) is 20.3 Å². The summed E-state index contributed by atoms with van der Waals surface area (Å²) in [5.41, 5.74) is 1.50. The molecule has 1 unspecified atom stereocenters. The van der Waals surface area contributed by atoms with Gasteiger partial charge in [0.2, 0.25) is 5.91 Å². The Hall–Kier alpha value is -3.39. The number of rotatable bonds is 11. The van der Waals surface area contributed by atoms with Crippen LogP contribution in [0.4, 0.5) is 4.79 Å². The van der Waals surface area contributed by atoms with Crippen molar-refractivity contribution < 1.29 is 29.0 Å². The zero-order chi connectivity index (χ0) is 25.6. The fraction of sp³-hybridized carbons (Fsp3) is 0.444. The normalized spacial score (nSPS) is 14.4. The molecule has 1 aliphatic carbocycles. The Balaban J connectivity index is 1.75. The van der Waals surface area contributed by atoms with Crippen LogP contribution in [0.1, 0.15) is 57.1 Å². The van der Waals surface area contributed by atoms with Crippen LogP contribution in [0.3, 0.4) is 0 Å². The molecule has 8 nitrogen and oxygen atoms in total. The van der Waals surface area contributed by atoms with E-state index in [0.717, 1.165) is 22.3 Å². The molecule has 2 aromatic rings. The molecule has 0 fully saturated rings. The van der Waals surface area contributed by atoms with Gasteiger partial charge in [-0.2, -0.15) is 0 Å². The van der Waals surface area contributed by atoms with Crippen LogP contribution in [0.5, 0.6) is 0 Å². The third-order valence-corrected chi connectivity index (χ3v) is 7.08. The fourth-order valence-corrected chi connectivity index (χ4v) is 4.71. The standard InChI is InChI=1S/C27H34N2O6/c1-5-26(6-2,23(30)28-27(7-3,17-34-4)24(31)32)29-25(33)35-16-22-20-14-10-8-12-18(20)19-13-9-11-15-21(19)22/h8-15,22H,5-7,16-17H2,1-4H3,(H,28,30)(H,29,33)(H,31,32). The monoisotopic (exact) mass is 482 g/mol. The highest BCUT2D eigenvalue weighted by Gasteiger charge is 2.45. The van der Waals surface area contributed by atoms with E-state index in [4.69, 9.17) is 9.47 Å². The summed E-state index contributed by atoms with van der Waals surface area (Å²) in [5.74, 6) is -1.89. The van der Waals surface area contributed by atoms with Gasteiger partial charge in [-0.05, 0) is 41.5 Å². The number of hydrogen-bond donors (Lipinski definition) is 3. The van der Waals surface area contributed by atoms with Crippen LogP contribution in [-0.2, 0) is 19.1 Å². The molecule has 2 aromatic carbocycles. The molecule has 8 heteroatoms. The first kappa shape index (κ1) is 26.2. The molecule has 0 saturated carbocycles. The van der Waals surface area contributed by atoms with Crippen molar-refractivity contribution in [3.05, 3.63) is 59.7 Å². The maximum Gasteiger partial charge on any atom is 0.408 e. The number of alkyl carbamates (subject to hydrolysis) is 1. The van der Waals surface area contributed by atoms with Gasteiger partial charge in [-0.3, -0.25) is 4.79 Å². The summed E-state index contributed by atoms with van der Waals surface area (Å²) < 4.78 is 10.7. The average Bonchev–Trinajstić information content (AvgIpc) is 3.19. The van der Waals surface area contributed by atoms with Crippen molar-refractivity contribution in [3.8, 4) is 11.1 Å². The van der Waals surface area contributed by atoms with Crippen LogP contribution in [0.25, 0.3) is 11.1 Å². The lowest BCUT2D eigenvalue weighted by molar-refractivity contribution is -0.151. The second-order valence-corrected chi connectivity index (χ2v) is 8.87. The summed E-state index contributed by atoms with van der Waals surface area (Å²) in [6.45, 7) is 5.10. The summed E-state index contributed by atoms with van der Waals surface area (Å²) in [5, 5.41) is 15.1. The van der Waals surface area contributed by atoms with Gasteiger partial charge in [0.25, 0.3) is 0 Å². The number of amides is 2. The Morgan fingerprint density at radius 1 is 0.857 bits per heavy atom. The van der Waals surface area contributed by atoms with E-state index in [1.54, 1.807) is 20.8 Å². The molecule has 188 valence electrons. The van der Waals surface area contributed by atoms with E-state index >= 15 is 0 Å². The number of hydrogen-bond acceptors (Lipinski definition) is 5. The molecule has 0 bridgehead atoms. The Bertz CT molecular complexity index is 1040. The first-order valence-electron chi connectivity index (χ1n) is 12.0. The minimum Gasteiger partial charge on any atom is -0.479 e. The van der Waals surface area contributed by atoms with Gasteiger partial charge in [0, 0.05) is 13.0 Å². The molecule has 3 N–H and O–H groups in total. The van der Waals surface area contributed by atoms with E-state index in [1.165, 1.54) is 7.11 Å². The zero-order valence-corrected chi connectivity index (χ0v) is 20.7. The third-order valence-electron chi connectivity index (χ3n) is 7.08. The summed E-state index contributed by atoms with van der Waals surface area (Å²) in [6, 6.07) is 16.1. The van der Waals surface area contributed by atoms with Crippen molar-refractivity contribution in [1.82, 2.24) is 10.6 Å². The molecule has 0 aromatic heterocycles. The first-order chi connectivity index (χ1) is 16.8. The molecule has 0 heterocycles. The smallest absolute Gasteiger partial charge is 0.408 e. The maximum absolute atomic E-state index is 13.3. The van der Waals surface area contributed by atoms with Crippen molar-refractivity contribution >= 4 is 18.0 Å². The van der Waals surface area contributed by atoms with Crippen molar-refractivity contribution in [3.63, 3.8) is 0 Å². The Labute approximate surface area is 206 Å². The molecule has 0 saturated heterocycles. The number of methoxy groups -OCH3 is 1. The van der Waals surface area contributed by atoms with Crippen molar-refractivity contribution in [1.29, 1.82) is 0 Å². The summed E-state index contributed by atoms with van der Waals surface area (Å²) in [4.78, 5) is 38.2. The molecule has 1 aliphatic rings. The highest BCUT2D eigenvalue weighted by molar-refractivity contribution is 5.94. The molecular formula is C27H34N2O6. The van der Waals surface area contributed by atoms with Gasteiger partial charge in [-0.15, -0.1) is 0 Å². The van der Waals surface area contributed by atoms with Gasteiger partial charge in [-0.1, -0.05) is 69.3 Å². The lowest BCUT2D eigenvalue weighted by Crippen LogP contribution is -2.66. The van der Waals surface area contributed by atoms with Crippen LogP contribution in [0.2, 0.25) is 0 Å². The molecule has 0 spiro atoms. The first-order valence-corrected chi connectivity index (χ1v) is 12.0. The molecule has 0 aliphatic heterocycles. The van der Waals surface area contributed by atoms with E-state index in [1.807, 2.05) is 36.4 Å². The number of carbonyl (C=O) groups excluding carboxylic acids is 2. The third kappa shape index (κ3) is 5.03.